The van der Waals surface area contributed by atoms with Gasteiger partial charge >= 0.3 is 0 Å². The molecule has 1 amide bonds. The molecule has 20 heavy (non-hydrogen) atoms. The standard InChI is InChI=1S/C13H15N5OS/c1-18-13(15-16-17-18)20-11(9-5-3-2-4-6-9)12(19)14-10-7-8-10/h2-6,10-11H,7-8H2,1H3,(H,14,19). The van der Waals surface area contributed by atoms with Gasteiger partial charge in [-0.2, -0.15) is 0 Å². The number of thioether (sulfide) groups is 1. The molecule has 0 bridgehead atoms. The highest BCUT2D eigenvalue weighted by molar-refractivity contribution is 8.00. The molecule has 6 nitrogen and oxygen atoms in total. The number of nitrogens with one attached hydrogen (secondary N) is 1. The van der Waals surface area contributed by atoms with Gasteiger partial charge in [0.1, 0.15) is 5.25 Å². The van der Waals surface area contributed by atoms with Crippen molar-refractivity contribution in [3.8, 4) is 0 Å². The molecule has 1 aromatic heterocycles. The number of nitrogens with zero attached hydrogens (tertiary/aromatic N) is 4. The number of amides is 1. The Kier molecular flexibility index (Phi) is 3.68. The summed E-state index contributed by atoms with van der Waals surface area (Å²) >= 11 is 1.37. The Morgan fingerprint density at radius 1 is 1.40 bits per heavy atom. The van der Waals surface area contributed by atoms with E-state index in [2.05, 4.69) is 20.8 Å². The molecule has 1 atom stereocenters. The van der Waals surface area contributed by atoms with E-state index in [1.54, 1.807) is 11.7 Å². The zero-order valence-electron chi connectivity index (χ0n) is 11.1. The van der Waals surface area contributed by atoms with Crippen molar-refractivity contribution < 1.29 is 4.79 Å². The van der Waals surface area contributed by atoms with Crippen LogP contribution in [0.2, 0.25) is 0 Å². The maximum absolute atomic E-state index is 12.4. The highest BCUT2D eigenvalue weighted by Gasteiger charge is 2.30. The van der Waals surface area contributed by atoms with Crippen molar-refractivity contribution in [2.24, 2.45) is 7.05 Å². The van der Waals surface area contributed by atoms with E-state index < -0.39 is 0 Å². The van der Waals surface area contributed by atoms with Gasteiger partial charge in [-0.25, -0.2) is 4.68 Å². The third-order valence-corrected chi connectivity index (χ3v) is 4.35. The molecule has 104 valence electrons. The summed E-state index contributed by atoms with van der Waals surface area (Å²) < 4.78 is 1.57. The van der Waals surface area contributed by atoms with E-state index in [1.807, 2.05) is 30.3 Å². The van der Waals surface area contributed by atoms with Crippen LogP contribution in [0.1, 0.15) is 23.7 Å². The summed E-state index contributed by atoms with van der Waals surface area (Å²) in [4.78, 5) is 12.4. The molecule has 2 aromatic rings. The second-order valence-corrected chi connectivity index (χ2v) is 5.85. The Morgan fingerprint density at radius 2 is 2.15 bits per heavy atom. The summed E-state index contributed by atoms with van der Waals surface area (Å²) in [5.74, 6) is 0.0201. The number of aromatic nitrogens is 4. The molecule has 0 saturated heterocycles. The van der Waals surface area contributed by atoms with Crippen LogP contribution < -0.4 is 5.32 Å². The first-order valence-corrected chi connectivity index (χ1v) is 7.36. The first-order valence-electron chi connectivity index (χ1n) is 6.48. The van der Waals surface area contributed by atoms with E-state index in [0.29, 0.717) is 11.2 Å². The Labute approximate surface area is 120 Å². The molecule has 0 aliphatic heterocycles. The number of carbonyl (C=O) groups excluding carboxylic acids is 1. The number of carbonyl (C=O) groups is 1. The van der Waals surface area contributed by atoms with Gasteiger partial charge < -0.3 is 5.32 Å². The van der Waals surface area contributed by atoms with E-state index in [1.165, 1.54) is 11.8 Å². The summed E-state index contributed by atoms with van der Waals surface area (Å²) in [7, 11) is 1.77. The van der Waals surface area contributed by atoms with Gasteiger partial charge in [0.25, 0.3) is 0 Å². The summed E-state index contributed by atoms with van der Waals surface area (Å²) in [5, 5.41) is 14.7. The highest BCUT2D eigenvalue weighted by atomic mass is 32.2. The third-order valence-electron chi connectivity index (χ3n) is 3.07. The van der Waals surface area contributed by atoms with Gasteiger partial charge in [-0.15, -0.1) is 5.10 Å². The van der Waals surface area contributed by atoms with Gasteiger partial charge in [-0.05, 0) is 28.8 Å². The zero-order chi connectivity index (χ0) is 13.9. The summed E-state index contributed by atoms with van der Waals surface area (Å²) in [6.45, 7) is 0. The van der Waals surface area contributed by atoms with Crippen LogP contribution in [-0.4, -0.2) is 32.2 Å². The number of hydrogen-bond donors (Lipinski definition) is 1. The lowest BCUT2D eigenvalue weighted by Crippen LogP contribution is -2.29. The van der Waals surface area contributed by atoms with Crippen LogP contribution in [0.5, 0.6) is 0 Å². The minimum Gasteiger partial charge on any atom is -0.352 e. The smallest absolute Gasteiger partial charge is 0.238 e. The Morgan fingerprint density at radius 3 is 2.75 bits per heavy atom. The lowest BCUT2D eigenvalue weighted by molar-refractivity contribution is -0.120. The van der Waals surface area contributed by atoms with E-state index in [4.69, 9.17) is 0 Å². The van der Waals surface area contributed by atoms with Crippen LogP contribution in [0.25, 0.3) is 0 Å². The molecule has 0 spiro atoms. The zero-order valence-corrected chi connectivity index (χ0v) is 11.9. The molecule has 1 N–H and O–H groups in total. The monoisotopic (exact) mass is 289 g/mol. The fraction of sp³-hybridized carbons (Fsp3) is 0.385. The van der Waals surface area contributed by atoms with Crippen molar-refractivity contribution in [1.82, 2.24) is 25.5 Å². The number of rotatable bonds is 5. The Balaban J connectivity index is 1.82. The summed E-state index contributed by atoms with van der Waals surface area (Å²) in [5.41, 5.74) is 0.957. The van der Waals surface area contributed by atoms with Crippen LogP contribution in [0, 0.1) is 0 Å². The Bertz CT molecular complexity index is 596. The minimum atomic E-state index is -0.332. The highest BCUT2D eigenvalue weighted by Crippen LogP contribution is 2.34. The van der Waals surface area contributed by atoms with Crippen molar-refractivity contribution in [3.63, 3.8) is 0 Å². The van der Waals surface area contributed by atoms with Crippen LogP contribution in [0.15, 0.2) is 35.5 Å². The van der Waals surface area contributed by atoms with Gasteiger partial charge in [-0.3, -0.25) is 4.79 Å². The van der Waals surface area contributed by atoms with Crippen molar-refractivity contribution in [3.05, 3.63) is 35.9 Å². The van der Waals surface area contributed by atoms with Crippen molar-refractivity contribution >= 4 is 17.7 Å². The number of hydrogen-bond acceptors (Lipinski definition) is 5. The first kappa shape index (κ1) is 13.1. The summed E-state index contributed by atoms with van der Waals surface area (Å²) in [6.07, 6.45) is 2.15. The Hall–Kier alpha value is -1.89. The average molecular weight is 289 g/mol. The normalized spacial score (nSPS) is 15.8. The largest absolute Gasteiger partial charge is 0.352 e. The second-order valence-electron chi connectivity index (χ2n) is 4.78. The number of tetrazole rings is 1. The molecule has 1 aliphatic carbocycles. The lowest BCUT2D eigenvalue weighted by atomic mass is 10.1. The molecular formula is C13H15N5OS. The first-order chi connectivity index (χ1) is 9.74. The molecule has 1 unspecified atom stereocenters. The fourth-order valence-electron chi connectivity index (χ4n) is 1.83. The van der Waals surface area contributed by atoms with Gasteiger partial charge in [0, 0.05) is 13.1 Å². The van der Waals surface area contributed by atoms with Crippen molar-refractivity contribution in [2.75, 3.05) is 0 Å². The van der Waals surface area contributed by atoms with E-state index in [-0.39, 0.29) is 11.2 Å². The van der Waals surface area contributed by atoms with Crippen LogP contribution in [0.4, 0.5) is 0 Å². The molecular weight excluding hydrogens is 274 g/mol. The van der Waals surface area contributed by atoms with Crippen LogP contribution in [-0.2, 0) is 11.8 Å². The minimum absolute atomic E-state index is 0.0201. The average Bonchev–Trinajstić information content (AvgIpc) is 3.18. The van der Waals surface area contributed by atoms with Gasteiger partial charge in [0.2, 0.25) is 11.1 Å². The maximum atomic E-state index is 12.4. The predicted octanol–water partition coefficient (Wildman–Crippen LogP) is 1.32. The molecule has 7 heteroatoms. The van der Waals surface area contributed by atoms with Crippen molar-refractivity contribution in [2.45, 2.75) is 29.3 Å². The molecule has 3 rings (SSSR count). The maximum Gasteiger partial charge on any atom is 0.238 e. The molecule has 1 aromatic carbocycles. The molecule has 1 saturated carbocycles. The number of benzene rings is 1. The summed E-state index contributed by atoms with van der Waals surface area (Å²) in [6, 6.07) is 10.0. The topological polar surface area (TPSA) is 72.7 Å². The van der Waals surface area contributed by atoms with Crippen LogP contribution >= 0.6 is 11.8 Å². The van der Waals surface area contributed by atoms with Gasteiger partial charge in [-0.1, -0.05) is 42.1 Å². The van der Waals surface area contributed by atoms with Crippen LogP contribution in [0.3, 0.4) is 0 Å². The van der Waals surface area contributed by atoms with E-state index >= 15 is 0 Å². The molecule has 1 heterocycles. The van der Waals surface area contributed by atoms with E-state index in [9.17, 15) is 4.79 Å². The fourth-order valence-corrected chi connectivity index (χ4v) is 2.78. The molecule has 1 aliphatic rings. The van der Waals surface area contributed by atoms with Gasteiger partial charge in [0.15, 0.2) is 0 Å². The lowest BCUT2D eigenvalue weighted by Gasteiger charge is -2.15. The molecule has 1 fully saturated rings. The van der Waals surface area contributed by atoms with E-state index in [0.717, 1.165) is 18.4 Å². The quantitative estimate of drug-likeness (QED) is 0.841. The van der Waals surface area contributed by atoms with Crippen molar-refractivity contribution in [1.29, 1.82) is 0 Å². The SMILES string of the molecule is Cn1nnnc1SC(C(=O)NC1CC1)c1ccccc1. The second kappa shape index (κ2) is 5.62. The third kappa shape index (κ3) is 2.98. The number of aryl methyl sites for hydroxylation is 1. The predicted molar refractivity (Wildman–Crippen MR) is 75.0 cm³/mol. The van der Waals surface area contributed by atoms with Gasteiger partial charge in [0.05, 0.1) is 0 Å². The molecule has 0 radical (unpaired) electrons.